The third kappa shape index (κ3) is 2.32. The van der Waals surface area contributed by atoms with E-state index in [-0.39, 0.29) is 12.7 Å². The van der Waals surface area contributed by atoms with Crippen LogP contribution in [0.25, 0.3) is 0 Å². The van der Waals surface area contributed by atoms with E-state index in [1.54, 1.807) is 13.2 Å². The Labute approximate surface area is 101 Å². The number of hydrogen-bond donors (Lipinski definition) is 1. The molecule has 1 unspecified atom stereocenters. The van der Waals surface area contributed by atoms with Crippen molar-refractivity contribution in [1.82, 2.24) is 0 Å². The summed E-state index contributed by atoms with van der Waals surface area (Å²) < 4.78 is 5.33. The van der Waals surface area contributed by atoms with Gasteiger partial charge < -0.3 is 14.7 Å². The average molecular weight is 242 g/mol. The number of ether oxygens (including phenoxy) is 1. The van der Waals surface area contributed by atoms with Crippen LogP contribution in [0.1, 0.15) is 12.0 Å². The molecular formula is C12H16ClNO2. The Kier molecular flexibility index (Phi) is 3.69. The highest BCUT2D eigenvalue weighted by Gasteiger charge is 2.23. The van der Waals surface area contributed by atoms with E-state index in [1.807, 2.05) is 12.1 Å². The van der Waals surface area contributed by atoms with Crippen molar-refractivity contribution >= 4 is 17.3 Å². The van der Waals surface area contributed by atoms with E-state index in [0.717, 1.165) is 30.8 Å². The molecule has 1 aliphatic rings. The van der Waals surface area contributed by atoms with E-state index in [2.05, 4.69) is 4.90 Å². The van der Waals surface area contributed by atoms with Crippen molar-refractivity contribution in [2.75, 3.05) is 25.1 Å². The molecule has 1 atom stereocenters. The molecule has 0 radical (unpaired) electrons. The topological polar surface area (TPSA) is 32.7 Å². The molecule has 0 aromatic heterocycles. The van der Waals surface area contributed by atoms with Gasteiger partial charge in [-0.05, 0) is 18.6 Å². The van der Waals surface area contributed by atoms with Crippen LogP contribution < -0.4 is 4.90 Å². The number of nitrogens with zero attached hydrogens (tertiary/aromatic N) is 1. The number of anilines is 1. The summed E-state index contributed by atoms with van der Waals surface area (Å²) >= 11 is 5.98. The summed E-state index contributed by atoms with van der Waals surface area (Å²) in [6.45, 7) is 1.86. The standard InChI is InChI=1S/C12H16ClNO2/c1-16-11-4-5-14(7-11)12-6-10(13)3-2-9(12)8-15/h2-3,6,11,15H,4-5,7-8H2,1H3. The quantitative estimate of drug-likeness (QED) is 0.879. The van der Waals surface area contributed by atoms with E-state index >= 15 is 0 Å². The largest absolute Gasteiger partial charge is 0.392 e. The molecule has 88 valence electrons. The third-order valence-electron chi connectivity index (χ3n) is 3.04. The van der Waals surface area contributed by atoms with E-state index in [9.17, 15) is 5.11 Å². The second-order valence-corrected chi connectivity index (χ2v) is 4.46. The van der Waals surface area contributed by atoms with Crippen LogP contribution in [-0.2, 0) is 11.3 Å². The lowest BCUT2D eigenvalue weighted by molar-refractivity contribution is 0.121. The van der Waals surface area contributed by atoms with Gasteiger partial charge in [-0.3, -0.25) is 0 Å². The Hall–Kier alpha value is -0.770. The predicted octanol–water partition coefficient (Wildman–Crippen LogP) is 2.06. The van der Waals surface area contributed by atoms with Gasteiger partial charge in [-0.1, -0.05) is 17.7 Å². The molecule has 2 rings (SSSR count). The summed E-state index contributed by atoms with van der Waals surface area (Å²) in [6, 6.07) is 5.59. The maximum absolute atomic E-state index is 9.29. The van der Waals surface area contributed by atoms with E-state index in [4.69, 9.17) is 16.3 Å². The van der Waals surface area contributed by atoms with Gasteiger partial charge in [-0.25, -0.2) is 0 Å². The van der Waals surface area contributed by atoms with Gasteiger partial charge in [-0.15, -0.1) is 0 Å². The lowest BCUT2D eigenvalue weighted by Crippen LogP contribution is -2.23. The van der Waals surface area contributed by atoms with E-state index in [1.165, 1.54) is 0 Å². The van der Waals surface area contributed by atoms with Gasteiger partial charge in [0, 0.05) is 36.5 Å². The molecular weight excluding hydrogens is 226 g/mol. The van der Waals surface area contributed by atoms with Crippen LogP contribution in [-0.4, -0.2) is 31.4 Å². The number of rotatable bonds is 3. The van der Waals surface area contributed by atoms with Crippen molar-refractivity contribution in [3.63, 3.8) is 0 Å². The van der Waals surface area contributed by atoms with Gasteiger partial charge in [-0.2, -0.15) is 0 Å². The molecule has 3 nitrogen and oxygen atoms in total. The maximum atomic E-state index is 9.29. The lowest BCUT2D eigenvalue weighted by atomic mass is 10.1. The lowest BCUT2D eigenvalue weighted by Gasteiger charge is -2.21. The summed E-state index contributed by atoms with van der Waals surface area (Å²) in [6.07, 6.45) is 1.30. The molecule has 1 aromatic carbocycles. The first-order valence-electron chi connectivity index (χ1n) is 5.41. The van der Waals surface area contributed by atoms with Crippen LogP contribution in [0.3, 0.4) is 0 Å². The van der Waals surface area contributed by atoms with Crippen molar-refractivity contribution in [2.45, 2.75) is 19.1 Å². The molecule has 0 amide bonds. The summed E-state index contributed by atoms with van der Waals surface area (Å²) in [5.41, 5.74) is 1.94. The van der Waals surface area contributed by atoms with Gasteiger partial charge in [0.15, 0.2) is 0 Å². The predicted molar refractivity (Wildman–Crippen MR) is 65.0 cm³/mol. The minimum Gasteiger partial charge on any atom is -0.392 e. The van der Waals surface area contributed by atoms with E-state index < -0.39 is 0 Å². The molecule has 0 spiro atoms. The second-order valence-electron chi connectivity index (χ2n) is 4.02. The van der Waals surface area contributed by atoms with Crippen LogP contribution in [0.4, 0.5) is 5.69 Å². The fourth-order valence-corrected chi connectivity index (χ4v) is 2.27. The fraction of sp³-hybridized carbons (Fsp3) is 0.500. The molecule has 0 bridgehead atoms. The average Bonchev–Trinajstić information content (AvgIpc) is 2.77. The Morgan fingerprint density at radius 2 is 2.38 bits per heavy atom. The number of aliphatic hydroxyl groups excluding tert-OH is 1. The number of aliphatic hydroxyl groups is 1. The minimum absolute atomic E-state index is 0.0423. The second kappa shape index (κ2) is 5.04. The molecule has 4 heteroatoms. The van der Waals surface area contributed by atoms with Crippen molar-refractivity contribution in [1.29, 1.82) is 0 Å². The van der Waals surface area contributed by atoms with Crippen LogP contribution in [0.5, 0.6) is 0 Å². The van der Waals surface area contributed by atoms with Crippen LogP contribution in [0, 0.1) is 0 Å². The Morgan fingerprint density at radius 3 is 3.00 bits per heavy atom. The normalized spacial score (nSPS) is 20.4. The summed E-state index contributed by atoms with van der Waals surface area (Å²) in [5.74, 6) is 0. The summed E-state index contributed by atoms with van der Waals surface area (Å²) in [5, 5.41) is 9.99. The van der Waals surface area contributed by atoms with Gasteiger partial charge in [0.05, 0.1) is 12.7 Å². The molecule has 0 aliphatic carbocycles. The van der Waals surface area contributed by atoms with E-state index in [0.29, 0.717) is 5.02 Å². The minimum atomic E-state index is 0.0423. The maximum Gasteiger partial charge on any atom is 0.0762 e. The third-order valence-corrected chi connectivity index (χ3v) is 3.27. The molecule has 1 N–H and O–H groups in total. The number of halogens is 1. The first-order valence-corrected chi connectivity index (χ1v) is 5.79. The smallest absolute Gasteiger partial charge is 0.0762 e. The molecule has 1 saturated heterocycles. The Balaban J connectivity index is 2.22. The monoisotopic (exact) mass is 241 g/mol. The highest BCUT2D eigenvalue weighted by atomic mass is 35.5. The zero-order valence-electron chi connectivity index (χ0n) is 9.32. The zero-order valence-corrected chi connectivity index (χ0v) is 10.1. The SMILES string of the molecule is COC1CCN(c2cc(Cl)ccc2CO)C1. The van der Waals surface area contributed by atoms with Crippen molar-refractivity contribution < 1.29 is 9.84 Å². The van der Waals surface area contributed by atoms with Gasteiger partial charge >= 0.3 is 0 Å². The highest BCUT2D eigenvalue weighted by molar-refractivity contribution is 6.30. The Bertz CT molecular complexity index is 370. The van der Waals surface area contributed by atoms with Crippen LogP contribution in [0.2, 0.25) is 5.02 Å². The van der Waals surface area contributed by atoms with Crippen molar-refractivity contribution in [2.24, 2.45) is 0 Å². The summed E-state index contributed by atoms with van der Waals surface area (Å²) in [7, 11) is 1.74. The Morgan fingerprint density at radius 1 is 1.56 bits per heavy atom. The highest BCUT2D eigenvalue weighted by Crippen LogP contribution is 2.28. The van der Waals surface area contributed by atoms with Crippen molar-refractivity contribution in [3.05, 3.63) is 28.8 Å². The van der Waals surface area contributed by atoms with Gasteiger partial charge in [0.25, 0.3) is 0 Å². The molecule has 16 heavy (non-hydrogen) atoms. The fourth-order valence-electron chi connectivity index (χ4n) is 2.10. The van der Waals surface area contributed by atoms with Crippen LogP contribution in [0.15, 0.2) is 18.2 Å². The van der Waals surface area contributed by atoms with Gasteiger partial charge in [0.1, 0.15) is 0 Å². The first kappa shape index (κ1) is 11.7. The van der Waals surface area contributed by atoms with Crippen molar-refractivity contribution in [3.8, 4) is 0 Å². The van der Waals surface area contributed by atoms with Gasteiger partial charge in [0.2, 0.25) is 0 Å². The first-order chi connectivity index (χ1) is 7.74. The number of benzene rings is 1. The summed E-state index contributed by atoms with van der Waals surface area (Å²) in [4.78, 5) is 2.21. The molecule has 1 fully saturated rings. The molecule has 1 aromatic rings. The molecule has 0 saturated carbocycles. The number of hydrogen-bond acceptors (Lipinski definition) is 3. The number of methoxy groups -OCH3 is 1. The zero-order chi connectivity index (χ0) is 11.5. The molecule has 1 aliphatic heterocycles. The molecule has 1 heterocycles. The van der Waals surface area contributed by atoms with Crippen LogP contribution >= 0.6 is 11.6 Å².